The first kappa shape index (κ1) is 22.9. The third kappa shape index (κ3) is 6.92. The first-order valence-corrected chi connectivity index (χ1v) is 10.1. The van der Waals surface area contributed by atoms with Crippen LogP contribution in [-0.4, -0.2) is 79.4 Å². The maximum absolute atomic E-state index is 12.0. The fourth-order valence-corrected chi connectivity index (χ4v) is 3.73. The summed E-state index contributed by atoms with van der Waals surface area (Å²) in [5.74, 6) is 0.958. The van der Waals surface area contributed by atoms with Crippen LogP contribution in [-0.2, 0) is 11.3 Å². The lowest BCUT2D eigenvalue weighted by Crippen LogP contribution is -2.54. The van der Waals surface area contributed by atoms with E-state index in [0.717, 1.165) is 38.7 Å². The maximum Gasteiger partial charge on any atom is 0.243 e. The van der Waals surface area contributed by atoms with E-state index in [4.69, 9.17) is 0 Å². The van der Waals surface area contributed by atoms with E-state index in [1.807, 2.05) is 0 Å². The first-order chi connectivity index (χ1) is 13.1. The lowest BCUT2D eigenvalue weighted by atomic mass is 10.2. The predicted octanol–water partition coefficient (Wildman–Crippen LogP) is 2.40. The highest BCUT2D eigenvalue weighted by Crippen LogP contribution is 2.18. The van der Waals surface area contributed by atoms with Gasteiger partial charge in [0.25, 0.3) is 0 Å². The molecule has 28 heavy (non-hydrogen) atoms. The molecule has 1 aromatic rings. The Balaban J connectivity index is 0.00000280. The fraction of sp³-hybridized carbons (Fsp3) is 0.619. The Hall–Kier alpha value is -1.35. The van der Waals surface area contributed by atoms with Gasteiger partial charge in [0.05, 0.1) is 0 Å². The SMILES string of the molecule is CN(C)C(=O)CN=C(NC1CCCC1)N1CCN(Cc2ccccc2)CC1.I. The van der Waals surface area contributed by atoms with E-state index < -0.39 is 0 Å². The lowest BCUT2D eigenvalue weighted by Gasteiger charge is -2.37. The predicted molar refractivity (Wildman–Crippen MR) is 125 cm³/mol. The first-order valence-electron chi connectivity index (χ1n) is 10.1. The summed E-state index contributed by atoms with van der Waals surface area (Å²) in [6.45, 7) is 5.13. The minimum atomic E-state index is 0. The normalized spacial score (nSPS) is 18.6. The van der Waals surface area contributed by atoms with Crippen LogP contribution in [0.4, 0.5) is 0 Å². The average molecular weight is 499 g/mol. The summed E-state index contributed by atoms with van der Waals surface area (Å²) >= 11 is 0. The number of likely N-dealkylation sites (N-methyl/N-ethyl adjacent to an activating group) is 1. The molecular weight excluding hydrogens is 465 g/mol. The number of hydrogen-bond acceptors (Lipinski definition) is 3. The van der Waals surface area contributed by atoms with Gasteiger partial charge in [0.15, 0.2) is 5.96 Å². The summed E-state index contributed by atoms with van der Waals surface area (Å²) in [5.41, 5.74) is 1.36. The Bertz CT molecular complexity index is 623. The molecule has 1 saturated heterocycles. The van der Waals surface area contributed by atoms with Crippen LogP contribution in [0.2, 0.25) is 0 Å². The van der Waals surface area contributed by atoms with Crippen LogP contribution >= 0.6 is 24.0 Å². The molecule has 3 rings (SSSR count). The van der Waals surface area contributed by atoms with Crippen LogP contribution in [0.3, 0.4) is 0 Å². The van der Waals surface area contributed by atoms with Crippen LogP contribution in [0.5, 0.6) is 0 Å². The van der Waals surface area contributed by atoms with Gasteiger partial charge >= 0.3 is 0 Å². The third-order valence-electron chi connectivity index (χ3n) is 5.47. The summed E-state index contributed by atoms with van der Waals surface area (Å²) in [5, 5.41) is 3.63. The van der Waals surface area contributed by atoms with Gasteiger partial charge in [-0.05, 0) is 18.4 Å². The molecule has 1 N–H and O–H groups in total. The summed E-state index contributed by atoms with van der Waals surface area (Å²) in [6.07, 6.45) is 4.97. The Kier molecular flexibility index (Phi) is 9.50. The van der Waals surface area contributed by atoms with E-state index in [9.17, 15) is 4.79 Å². The standard InChI is InChI=1S/C21H33N5O.HI/c1-24(2)20(27)16-22-21(23-19-10-6-7-11-19)26-14-12-25(13-15-26)17-18-8-4-3-5-9-18;/h3-5,8-9,19H,6-7,10-17H2,1-2H3,(H,22,23);1H. The molecule has 1 aromatic carbocycles. The molecule has 1 saturated carbocycles. The molecule has 1 aliphatic heterocycles. The van der Waals surface area contributed by atoms with Gasteiger partial charge in [-0.3, -0.25) is 9.69 Å². The van der Waals surface area contributed by atoms with Gasteiger partial charge in [-0.1, -0.05) is 43.2 Å². The van der Waals surface area contributed by atoms with E-state index in [2.05, 4.69) is 50.4 Å². The number of halogens is 1. The molecule has 0 atom stereocenters. The van der Waals surface area contributed by atoms with Crippen molar-refractivity contribution in [3.8, 4) is 0 Å². The third-order valence-corrected chi connectivity index (χ3v) is 5.47. The van der Waals surface area contributed by atoms with Crippen molar-refractivity contribution in [3.05, 3.63) is 35.9 Å². The quantitative estimate of drug-likeness (QED) is 0.384. The Morgan fingerprint density at radius 2 is 1.75 bits per heavy atom. The number of hydrogen-bond donors (Lipinski definition) is 1. The molecule has 0 aromatic heterocycles. The van der Waals surface area contributed by atoms with E-state index in [1.165, 1.54) is 31.2 Å². The van der Waals surface area contributed by atoms with Gasteiger partial charge in [0.2, 0.25) is 5.91 Å². The van der Waals surface area contributed by atoms with Crippen molar-refractivity contribution < 1.29 is 4.79 Å². The fourth-order valence-electron chi connectivity index (χ4n) is 3.73. The number of amides is 1. The molecule has 0 spiro atoms. The number of benzene rings is 1. The van der Waals surface area contributed by atoms with Crippen LogP contribution < -0.4 is 5.32 Å². The van der Waals surface area contributed by atoms with E-state index in [0.29, 0.717) is 6.04 Å². The van der Waals surface area contributed by atoms with E-state index in [1.54, 1.807) is 19.0 Å². The van der Waals surface area contributed by atoms with E-state index >= 15 is 0 Å². The lowest BCUT2D eigenvalue weighted by molar-refractivity contribution is -0.127. The second-order valence-electron chi connectivity index (χ2n) is 7.80. The Labute approximate surface area is 186 Å². The molecule has 7 heteroatoms. The molecule has 0 unspecified atom stereocenters. The Morgan fingerprint density at radius 3 is 2.36 bits per heavy atom. The van der Waals surface area contributed by atoms with Crippen molar-refractivity contribution >= 4 is 35.8 Å². The van der Waals surface area contributed by atoms with Gasteiger partial charge in [-0.15, -0.1) is 24.0 Å². The van der Waals surface area contributed by atoms with Crippen molar-refractivity contribution in [1.82, 2.24) is 20.0 Å². The highest BCUT2D eigenvalue weighted by Gasteiger charge is 2.23. The minimum absolute atomic E-state index is 0. The molecule has 2 fully saturated rings. The zero-order valence-electron chi connectivity index (χ0n) is 17.1. The van der Waals surface area contributed by atoms with Crippen LogP contribution in [0.15, 0.2) is 35.3 Å². The highest BCUT2D eigenvalue weighted by atomic mass is 127. The van der Waals surface area contributed by atoms with Crippen molar-refractivity contribution in [1.29, 1.82) is 0 Å². The van der Waals surface area contributed by atoms with Gasteiger partial charge in [-0.2, -0.15) is 0 Å². The van der Waals surface area contributed by atoms with Crippen molar-refractivity contribution in [2.45, 2.75) is 38.3 Å². The minimum Gasteiger partial charge on any atom is -0.353 e. The molecule has 1 amide bonds. The van der Waals surface area contributed by atoms with Gasteiger partial charge < -0.3 is 15.1 Å². The van der Waals surface area contributed by atoms with Gasteiger partial charge in [-0.25, -0.2) is 4.99 Å². The number of nitrogens with zero attached hydrogens (tertiary/aromatic N) is 4. The second-order valence-corrected chi connectivity index (χ2v) is 7.80. The molecule has 1 heterocycles. The van der Waals surface area contributed by atoms with Crippen molar-refractivity contribution in [3.63, 3.8) is 0 Å². The number of carbonyl (C=O) groups excluding carboxylic acids is 1. The monoisotopic (exact) mass is 499 g/mol. The number of carbonyl (C=O) groups is 1. The number of aliphatic imine (C=N–C) groups is 1. The van der Waals surface area contributed by atoms with Crippen LogP contribution in [0.1, 0.15) is 31.2 Å². The zero-order chi connectivity index (χ0) is 19.1. The van der Waals surface area contributed by atoms with Crippen molar-refractivity contribution in [2.24, 2.45) is 4.99 Å². The molecule has 156 valence electrons. The zero-order valence-corrected chi connectivity index (χ0v) is 19.5. The molecule has 0 radical (unpaired) electrons. The Morgan fingerprint density at radius 1 is 1.11 bits per heavy atom. The van der Waals surface area contributed by atoms with Crippen LogP contribution in [0, 0.1) is 0 Å². The van der Waals surface area contributed by atoms with E-state index in [-0.39, 0.29) is 36.4 Å². The number of piperazine rings is 1. The topological polar surface area (TPSA) is 51.2 Å². The highest BCUT2D eigenvalue weighted by molar-refractivity contribution is 14.0. The van der Waals surface area contributed by atoms with Crippen LogP contribution in [0.25, 0.3) is 0 Å². The molecule has 0 bridgehead atoms. The van der Waals surface area contributed by atoms with Gasteiger partial charge in [0, 0.05) is 52.9 Å². The number of guanidine groups is 1. The average Bonchev–Trinajstić information content (AvgIpc) is 3.19. The smallest absolute Gasteiger partial charge is 0.243 e. The summed E-state index contributed by atoms with van der Waals surface area (Å²) in [7, 11) is 3.56. The second kappa shape index (κ2) is 11.6. The summed E-state index contributed by atoms with van der Waals surface area (Å²) in [4.78, 5) is 23.1. The molecular formula is C21H34IN5O. The summed E-state index contributed by atoms with van der Waals surface area (Å²) in [6, 6.07) is 11.1. The number of nitrogens with one attached hydrogen (secondary N) is 1. The largest absolute Gasteiger partial charge is 0.353 e. The molecule has 2 aliphatic rings. The summed E-state index contributed by atoms with van der Waals surface area (Å²) < 4.78 is 0. The number of rotatable bonds is 5. The molecule has 1 aliphatic carbocycles. The molecule has 6 nitrogen and oxygen atoms in total. The maximum atomic E-state index is 12.0. The van der Waals surface area contributed by atoms with Gasteiger partial charge in [0.1, 0.15) is 6.54 Å². The van der Waals surface area contributed by atoms with Crippen molar-refractivity contribution in [2.75, 3.05) is 46.8 Å².